The highest BCUT2D eigenvalue weighted by Crippen LogP contribution is 2.30. The van der Waals surface area contributed by atoms with E-state index in [0.29, 0.717) is 5.15 Å². The van der Waals surface area contributed by atoms with Crippen LogP contribution in [0.1, 0.15) is 56.4 Å². The summed E-state index contributed by atoms with van der Waals surface area (Å²) >= 11 is 6.78. The summed E-state index contributed by atoms with van der Waals surface area (Å²) in [5.74, 6) is 1.87. The fourth-order valence-electron chi connectivity index (χ4n) is 4.03. The number of nitrogens with zero attached hydrogens (tertiary/aromatic N) is 3. The van der Waals surface area contributed by atoms with Crippen LogP contribution in [0.15, 0.2) is 48.5 Å². The van der Waals surface area contributed by atoms with Gasteiger partial charge < -0.3 is 9.30 Å². The Bertz CT molecular complexity index is 998. The fourth-order valence-corrected chi connectivity index (χ4v) is 4.27. The molecule has 0 spiro atoms. The van der Waals surface area contributed by atoms with Crippen LogP contribution in [0.2, 0.25) is 5.15 Å². The second-order valence-electron chi connectivity index (χ2n) is 8.41. The van der Waals surface area contributed by atoms with E-state index < -0.39 is 0 Å². The Morgan fingerprint density at radius 1 is 1.00 bits per heavy atom. The molecule has 1 aromatic heterocycles. The molecule has 172 valence electrons. The molecule has 0 amide bonds. The summed E-state index contributed by atoms with van der Waals surface area (Å²) in [5.41, 5.74) is 4.73. The number of halogens is 1. The van der Waals surface area contributed by atoms with E-state index in [-0.39, 0.29) is 0 Å². The summed E-state index contributed by atoms with van der Waals surface area (Å²) in [4.78, 5) is 7.32. The standard InChI is InChI=1S/C27H36ClN3O/c1-5-7-16-30(19-22-13-11-14-23(18-22)32-4)20-25-26(28)29-27(31(25)17-8-6-2)24-15-10-9-12-21(24)3/h9-15,18H,5-8,16-17,19-20H2,1-4H3. The van der Waals surface area contributed by atoms with E-state index in [1.54, 1.807) is 7.11 Å². The Labute approximate surface area is 198 Å². The Hall–Kier alpha value is -2.30. The van der Waals surface area contributed by atoms with Gasteiger partial charge in [0, 0.05) is 25.2 Å². The number of unbranched alkanes of at least 4 members (excludes halogenated alkanes) is 2. The van der Waals surface area contributed by atoms with Gasteiger partial charge in [-0.25, -0.2) is 4.98 Å². The highest BCUT2D eigenvalue weighted by Gasteiger charge is 2.20. The van der Waals surface area contributed by atoms with Crippen LogP contribution >= 0.6 is 11.6 Å². The first kappa shape index (κ1) is 24.3. The molecule has 2 aromatic carbocycles. The second kappa shape index (κ2) is 12.1. The van der Waals surface area contributed by atoms with E-state index >= 15 is 0 Å². The van der Waals surface area contributed by atoms with Gasteiger partial charge in [0.05, 0.1) is 12.8 Å². The third-order valence-corrected chi connectivity index (χ3v) is 6.19. The maximum absolute atomic E-state index is 6.78. The predicted molar refractivity (Wildman–Crippen MR) is 134 cm³/mol. The lowest BCUT2D eigenvalue weighted by Gasteiger charge is -2.24. The maximum atomic E-state index is 6.78. The van der Waals surface area contributed by atoms with E-state index in [4.69, 9.17) is 21.3 Å². The van der Waals surface area contributed by atoms with Gasteiger partial charge in [0.1, 0.15) is 11.6 Å². The van der Waals surface area contributed by atoms with Crippen molar-refractivity contribution in [1.82, 2.24) is 14.5 Å². The number of benzene rings is 2. The van der Waals surface area contributed by atoms with Crippen LogP contribution in [0.5, 0.6) is 5.75 Å². The largest absolute Gasteiger partial charge is 0.497 e. The molecule has 0 radical (unpaired) electrons. The molecule has 3 rings (SSSR count). The van der Waals surface area contributed by atoms with Gasteiger partial charge in [0.15, 0.2) is 5.15 Å². The Morgan fingerprint density at radius 3 is 2.50 bits per heavy atom. The van der Waals surface area contributed by atoms with Crippen LogP contribution in [0.3, 0.4) is 0 Å². The van der Waals surface area contributed by atoms with Crippen molar-refractivity contribution in [3.63, 3.8) is 0 Å². The monoisotopic (exact) mass is 453 g/mol. The average molecular weight is 454 g/mol. The van der Waals surface area contributed by atoms with Gasteiger partial charge in [0.2, 0.25) is 0 Å². The number of ether oxygens (including phenoxy) is 1. The highest BCUT2D eigenvalue weighted by molar-refractivity contribution is 6.30. The average Bonchev–Trinajstić information content (AvgIpc) is 3.11. The summed E-state index contributed by atoms with van der Waals surface area (Å²) < 4.78 is 7.77. The van der Waals surface area contributed by atoms with E-state index in [9.17, 15) is 0 Å². The zero-order valence-electron chi connectivity index (χ0n) is 19.9. The van der Waals surface area contributed by atoms with Gasteiger partial charge in [-0.15, -0.1) is 0 Å². The van der Waals surface area contributed by atoms with Gasteiger partial charge in [-0.2, -0.15) is 0 Å². The third kappa shape index (κ3) is 6.14. The number of rotatable bonds is 12. The van der Waals surface area contributed by atoms with Crippen molar-refractivity contribution in [2.75, 3.05) is 13.7 Å². The zero-order valence-corrected chi connectivity index (χ0v) is 20.7. The van der Waals surface area contributed by atoms with Crippen LogP contribution in [-0.4, -0.2) is 28.1 Å². The van der Waals surface area contributed by atoms with Crippen molar-refractivity contribution in [1.29, 1.82) is 0 Å². The lowest BCUT2D eigenvalue weighted by Crippen LogP contribution is -2.26. The van der Waals surface area contributed by atoms with Crippen LogP contribution in [0.25, 0.3) is 11.4 Å². The number of imidazole rings is 1. The summed E-state index contributed by atoms with van der Waals surface area (Å²) in [6, 6.07) is 16.8. The summed E-state index contributed by atoms with van der Waals surface area (Å²) in [6.45, 7) is 10.2. The fraction of sp³-hybridized carbons (Fsp3) is 0.444. The Kier molecular flexibility index (Phi) is 9.19. The summed E-state index contributed by atoms with van der Waals surface area (Å²) in [6.07, 6.45) is 4.54. The molecule has 3 aromatic rings. The smallest absolute Gasteiger partial charge is 0.152 e. The van der Waals surface area contributed by atoms with Crippen LogP contribution in [0.4, 0.5) is 0 Å². The van der Waals surface area contributed by atoms with Crippen LogP contribution < -0.4 is 4.74 Å². The van der Waals surface area contributed by atoms with Gasteiger partial charge in [-0.3, -0.25) is 4.90 Å². The first-order chi connectivity index (χ1) is 15.6. The molecule has 1 heterocycles. The molecule has 0 saturated carbocycles. The first-order valence-electron chi connectivity index (χ1n) is 11.7. The number of aromatic nitrogens is 2. The van der Waals surface area contributed by atoms with Crippen LogP contribution in [-0.2, 0) is 19.6 Å². The normalized spacial score (nSPS) is 11.3. The molecule has 0 fully saturated rings. The molecule has 0 saturated heterocycles. The van der Waals surface area contributed by atoms with E-state index in [1.165, 1.54) is 11.1 Å². The zero-order chi connectivity index (χ0) is 22.9. The topological polar surface area (TPSA) is 30.3 Å². The minimum atomic E-state index is 0.617. The Morgan fingerprint density at radius 2 is 1.78 bits per heavy atom. The van der Waals surface area contributed by atoms with Crippen molar-refractivity contribution >= 4 is 11.6 Å². The van der Waals surface area contributed by atoms with Crippen molar-refractivity contribution in [3.05, 3.63) is 70.5 Å². The summed E-state index contributed by atoms with van der Waals surface area (Å²) in [5, 5.41) is 0.617. The van der Waals surface area contributed by atoms with Crippen LogP contribution in [0, 0.1) is 6.92 Å². The summed E-state index contributed by atoms with van der Waals surface area (Å²) in [7, 11) is 1.72. The number of aryl methyl sites for hydroxylation is 1. The van der Waals surface area contributed by atoms with Crippen molar-refractivity contribution in [2.24, 2.45) is 0 Å². The maximum Gasteiger partial charge on any atom is 0.152 e. The first-order valence-corrected chi connectivity index (χ1v) is 12.1. The molecule has 32 heavy (non-hydrogen) atoms. The minimum Gasteiger partial charge on any atom is -0.497 e. The molecule has 0 bridgehead atoms. The number of hydrogen-bond acceptors (Lipinski definition) is 3. The van der Waals surface area contributed by atoms with E-state index in [1.807, 2.05) is 6.07 Å². The van der Waals surface area contributed by atoms with Gasteiger partial charge in [-0.05, 0) is 49.6 Å². The van der Waals surface area contributed by atoms with Gasteiger partial charge in [0.25, 0.3) is 0 Å². The van der Waals surface area contributed by atoms with E-state index in [2.05, 4.69) is 72.7 Å². The van der Waals surface area contributed by atoms with Gasteiger partial charge in [-0.1, -0.05) is 74.7 Å². The van der Waals surface area contributed by atoms with Crippen molar-refractivity contribution < 1.29 is 4.74 Å². The van der Waals surface area contributed by atoms with Crippen molar-refractivity contribution in [2.45, 2.75) is 66.1 Å². The molecule has 0 aliphatic carbocycles. The lowest BCUT2D eigenvalue weighted by atomic mass is 10.1. The molecule has 5 heteroatoms. The quantitative estimate of drug-likeness (QED) is 0.292. The number of methoxy groups -OCH3 is 1. The molecule has 0 N–H and O–H groups in total. The molecular formula is C27H36ClN3O. The van der Waals surface area contributed by atoms with Gasteiger partial charge >= 0.3 is 0 Å². The molecule has 0 aliphatic rings. The lowest BCUT2D eigenvalue weighted by molar-refractivity contribution is 0.245. The molecule has 0 aliphatic heterocycles. The third-order valence-electron chi connectivity index (χ3n) is 5.89. The molecule has 0 unspecified atom stereocenters. The second-order valence-corrected chi connectivity index (χ2v) is 8.77. The predicted octanol–water partition coefficient (Wildman–Crippen LogP) is 7.12. The van der Waals surface area contributed by atoms with E-state index in [0.717, 1.165) is 74.7 Å². The number of hydrogen-bond donors (Lipinski definition) is 0. The Balaban J connectivity index is 1.94. The SMILES string of the molecule is CCCCN(Cc1cccc(OC)c1)Cc1c(Cl)nc(-c2ccccc2C)n1CCCC. The molecular weight excluding hydrogens is 418 g/mol. The molecule has 0 atom stereocenters. The highest BCUT2D eigenvalue weighted by atomic mass is 35.5. The van der Waals surface area contributed by atoms with Crippen molar-refractivity contribution in [3.8, 4) is 17.1 Å². The minimum absolute atomic E-state index is 0.617. The molecule has 4 nitrogen and oxygen atoms in total.